The van der Waals surface area contributed by atoms with Gasteiger partial charge in [0.15, 0.2) is 0 Å². The van der Waals surface area contributed by atoms with Gasteiger partial charge in [-0.25, -0.2) is 0 Å². The molecule has 0 aliphatic rings. The van der Waals surface area contributed by atoms with Gasteiger partial charge in [0.05, 0.1) is 6.10 Å². The van der Waals surface area contributed by atoms with Crippen molar-refractivity contribution in [3.8, 4) is 0 Å². The van der Waals surface area contributed by atoms with E-state index in [4.69, 9.17) is 16.6 Å². The van der Waals surface area contributed by atoms with Crippen LogP contribution in [0.4, 0.5) is 0 Å². The van der Waals surface area contributed by atoms with Crippen LogP contribution in [-0.2, 0) is 0 Å². The molecule has 3 nitrogen and oxygen atoms in total. The Morgan fingerprint density at radius 1 is 1.40 bits per heavy atom. The van der Waals surface area contributed by atoms with E-state index in [0.29, 0.717) is 6.54 Å². The highest BCUT2D eigenvalue weighted by Crippen LogP contribution is 2.00. The molecule has 0 amide bonds. The van der Waals surface area contributed by atoms with E-state index in [-0.39, 0.29) is 6.04 Å². The predicted molar refractivity (Wildman–Crippen MR) is 42.6 cm³/mol. The third-order valence-electron chi connectivity index (χ3n) is 1.61. The van der Waals surface area contributed by atoms with E-state index in [1.165, 1.54) is 0 Å². The Hall–Kier alpha value is -0.120. The van der Waals surface area contributed by atoms with Gasteiger partial charge in [-0.3, -0.25) is 0 Å². The zero-order chi connectivity index (χ0) is 7.98. The summed E-state index contributed by atoms with van der Waals surface area (Å²) in [5, 5.41) is 8.96. The summed E-state index contributed by atoms with van der Waals surface area (Å²) < 4.78 is 0. The van der Waals surface area contributed by atoms with Gasteiger partial charge in [0.1, 0.15) is 0 Å². The van der Waals surface area contributed by atoms with Crippen molar-refractivity contribution in [2.45, 2.75) is 38.3 Å². The fraction of sp³-hybridized carbons (Fsp3) is 1.00. The van der Waals surface area contributed by atoms with E-state index < -0.39 is 6.10 Å². The maximum absolute atomic E-state index is 8.96. The first kappa shape index (κ1) is 9.88. The van der Waals surface area contributed by atoms with Crippen LogP contribution in [0.15, 0.2) is 0 Å². The van der Waals surface area contributed by atoms with Crippen LogP contribution < -0.4 is 11.5 Å². The van der Waals surface area contributed by atoms with Crippen LogP contribution in [0.5, 0.6) is 0 Å². The number of hydrogen-bond acceptors (Lipinski definition) is 3. The molecule has 62 valence electrons. The summed E-state index contributed by atoms with van der Waals surface area (Å²) in [4.78, 5) is 0. The van der Waals surface area contributed by atoms with Crippen molar-refractivity contribution in [2.24, 2.45) is 11.5 Å². The van der Waals surface area contributed by atoms with E-state index in [9.17, 15) is 0 Å². The Morgan fingerprint density at radius 3 is 2.40 bits per heavy atom. The molecule has 0 radical (unpaired) electrons. The maximum atomic E-state index is 8.96. The topological polar surface area (TPSA) is 72.3 Å². The molecule has 0 aliphatic carbocycles. The fourth-order valence-corrected chi connectivity index (χ4v) is 0.766. The molecule has 0 aromatic rings. The summed E-state index contributed by atoms with van der Waals surface area (Å²) in [6.07, 6.45) is 2.50. The maximum Gasteiger partial charge on any atom is 0.0662 e. The van der Waals surface area contributed by atoms with Crippen molar-refractivity contribution in [1.82, 2.24) is 0 Å². The Labute approximate surface area is 62.4 Å². The van der Waals surface area contributed by atoms with Crippen LogP contribution in [0.1, 0.15) is 26.2 Å². The Bertz CT molecular complexity index is 76.0. The van der Waals surface area contributed by atoms with Crippen molar-refractivity contribution in [3.63, 3.8) is 0 Å². The van der Waals surface area contributed by atoms with Gasteiger partial charge in [0, 0.05) is 6.04 Å². The van der Waals surface area contributed by atoms with Crippen molar-refractivity contribution < 1.29 is 5.11 Å². The highest BCUT2D eigenvalue weighted by atomic mass is 16.3. The van der Waals surface area contributed by atoms with Gasteiger partial charge in [-0.2, -0.15) is 0 Å². The number of aliphatic hydroxyl groups is 1. The molecule has 0 heterocycles. The Morgan fingerprint density at radius 2 is 2.00 bits per heavy atom. The van der Waals surface area contributed by atoms with E-state index in [2.05, 4.69) is 0 Å². The SMILES string of the molecule is CC(O)C(N)CCCCN. The van der Waals surface area contributed by atoms with Crippen molar-refractivity contribution in [3.05, 3.63) is 0 Å². The lowest BCUT2D eigenvalue weighted by molar-refractivity contribution is 0.158. The average Bonchev–Trinajstić information content (AvgIpc) is 1.88. The second kappa shape index (κ2) is 5.65. The van der Waals surface area contributed by atoms with Gasteiger partial charge in [0.2, 0.25) is 0 Å². The number of rotatable bonds is 5. The second-order valence-corrected chi connectivity index (χ2v) is 2.69. The molecular formula is C7H18N2O. The van der Waals surface area contributed by atoms with E-state index >= 15 is 0 Å². The monoisotopic (exact) mass is 146 g/mol. The Balaban J connectivity index is 3.13. The summed E-state index contributed by atoms with van der Waals surface area (Å²) in [5.74, 6) is 0. The normalized spacial score (nSPS) is 16.8. The number of hydrogen-bond donors (Lipinski definition) is 3. The van der Waals surface area contributed by atoms with Crippen molar-refractivity contribution in [2.75, 3.05) is 6.54 Å². The molecule has 5 N–H and O–H groups in total. The molecule has 3 heteroatoms. The first-order valence-electron chi connectivity index (χ1n) is 3.82. The van der Waals surface area contributed by atoms with E-state index in [0.717, 1.165) is 19.3 Å². The quantitative estimate of drug-likeness (QED) is 0.471. The minimum Gasteiger partial charge on any atom is -0.392 e. The highest BCUT2D eigenvalue weighted by molar-refractivity contribution is 4.66. The minimum absolute atomic E-state index is 0.0773. The largest absolute Gasteiger partial charge is 0.392 e. The smallest absolute Gasteiger partial charge is 0.0662 e. The lowest BCUT2D eigenvalue weighted by Crippen LogP contribution is -2.32. The zero-order valence-electron chi connectivity index (χ0n) is 6.59. The lowest BCUT2D eigenvalue weighted by atomic mass is 10.1. The fourth-order valence-electron chi connectivity index (χ4n) is 0.766. The van der Waals surface area contributed by atoms with Crippen LogP contribution in [0.25, 0.3) is 0 Å². The highest BCUT2D eigenvalue weighted by Gasteiger charge is 2.07. The molecule has 0 saturated heterocycles. The van der Waals surface area contributed by atoms with Gasteiger partial charge in [-0.1, -0.05) is 6.42 Å². The van der Waals surface area contributed by atoms with Crippen LogP contribution in [0, 0.1) is 0 Å². The summed E-state index contributed by atoms with van der Waals surface area (Å²) in [5.41, 5.74) is 10.9. The molecule has 0 spiro atoms. The molecule has 10 heavy (non-hydrogen) atoms. The number of unbranched alkanes of at least 4 members (excludes halogenated alkanes) is 1. The summed E-state index contributed by atoms with van der Waals surface area (Å²) >= 11 is 0. The van der Waals surface area contributed by atoms with Crippen LogP contribution >= 0.6 is 0 Å². The lowest BCUT2D eigenvalue weighted by Gasteiger charge is -2.13. The Kier molecular flexibility index (Phi) is 5.58. The number of nitrogens with two attached hydrogens (primary N) is 2. The molecule has 0 aromatic heterocycles. The van der Waals surface area contributed by atoms with E-state index in [1.54, 1.807) is 6.92 Å². The molecule has 0 aliphatic heterocycles. The molecule has 0 saturated carbocycles. The molecule has 0 aromatic carbocycles. The first-order valence-corrected chi connectivity index (χ1v) is 3.82. The standard InChI is InChI=1S/C7H18N2O/c1-6(10)7(9)4-2-3-5-8/h6-7,10H,2-5,8-9H2,1H3. The third-order valence-corrected chi connectivity index (χ3v) is 1.61. The predicted octanol–water partition coefficient (Wildman–Crippen LogP) is -0.176. The van der Waals surface area contributed by atoms with Crippen LogP contribution in [0.3, 0.4) is 0 Å². The van der Waals surface area contributed by atoms with E-state index in [1.807, 2.05) is 0 Å². The van der Waals surface area contributed by atoms with Crippen molar-refractivity contribution >= 4 is 0 Å². The zero-order valence-corrected chi connectivity index (χ0v) is 6.59. The van der Waals surface area contributed by atoms with Crippen LogP contribution in [0.2, 0.25) is 0 Å². The van der Waals surface area contributed by atoms with Gasteiger partial charge in [-0.15, -0.1) is 0 Å². The summed E-state index contributed by atoms with van der Waals surface area (Å²) in [6.45, 7) is 2.43. The molecule has 0 bridgehead atoms. The van der Waals surface area contributed by atoms with Gasteiger partial charge < -0.3 is 16.6 Å². The molecule has 2 atom stereocenters. The average molecular weight is 146 g/mol. The molecule has 0 fully saturated rings. The first-order chi connectivity index (χ1) is 4.68. The van der Waals surface area contributed by atoms with Gasteiger partial charge >= 0.3 is 0 Å². The molecular weight excluding hydrogens is 128 g/mol. The van der Waals surface area contributed by atoms with Crippen molar-refractivity contribution in [1.29, 1.82) is 0 Å². The van der Waals surface area contributed by atoms with Gasteiger partial charge in [-0.05, 0) is 26.3 Å². The second-order valence-electron chi connectivity index (χ2n) is 2.69. The summed E-state index contributed by atoms with van der Waals surface area (Å²) in [6, 6.07) is -0.0773. The third kappa shape index (κ3) is 4.73. The summed E-state index contributed by atoms with van der Waals surface area (Å²) in [7, 11) is 0. The minimum atomic E-state index is -0.391. The number of aliphatic hydroxyl groups excluding tert-OH is 1. The molecule has 2 unspecified atom stereocenters. The van der Waals surface area contributed by atoms with Crippen LogP contribution in [-0.4, -0.2) is 23.8 Å². The van der Waals surface area contributed by atoms with Gasteiger partial charge in [0.25, 0.3) is 0 Å². The molecule has 0 rings (SSSR count).